The third kappa shape index (κ3) is 3.97. The number of nitrogens with one attached hydrogen (secondary N) is 2. The van der Waals surface area contributed by atoms with Crippen LogP contribution in [0.1, 0.15) is 16.7 Å². The molecule has 2 aliphatic heterocycles. The van der Waals surface area contributed by atoms with Crippen molar-refractivity contribution in [2.75, 3.05) is 19.4 Å². The first-order valence-electron chi connectivity index (χ1n) is 12.0. The maximum atomic E-state index is 13.2. The molecule has 9 heteroatoms. The van der Waals surface area contributed by atoms with Crippen LogP contribution >= 0.6 is 11.3 Å². The second-order valence-corrected chi connectivity index (χ2v) is 10.3. The van der Waals surface area contributed by atoms with E-state index in [2.05, 4.69) is 22.2 Å². The van der Waals surface area contributed by atoms with Gasteiger partial charge >= 0.3 is 6.03 Å². The number of hydrogen-bond acceptors (Lipinski definition) is 7. The van der Waals surface area contributed by atoms with Crippen LogP contribution in [-0.4, -0.2) is 35.5 Å². The molecule has 3 amide bonds. The van der Waals surface area contributed by atoms with Crippen LogP contribution in [0.5, 0.6) is 5.75 Å². The second kappa shape index (κ2) is 9.04. The summed E-state index contributed by atoms with van der Waals surface area (Å²) in [5, 5.41) is 7.79. The van der Waals surface area contributed by atoms with Gasteiger partial charge in [-0.05, 0) is 34.4 Å². The number of nitrogens with two attached hydrogens (primary N) is 1. The summed E-state index contributed by atoms with van der Waals surface area (Å²) in [4.78, 5) is 31.9. The standard InChI is InChI=1S/C29H25N5O3S/c1-17-24-13-23(37-2)12-9-21(24)14-34(17)16-29(26(35)32-28(36)33-29)22-10-7-19(8-11-22)18-3-5-20(6-4-18)25-15-38-27(30)31-25/h3-13,15H,1,14,16H2,2H3,(H2,30,31)(H2,32,33,35,36)/t29-/m1/s1. The Kier molecular flexibility index (Phi) is 5.65. The minimum absolute atomic E-state index is 0.241. The van der Waals surface area contributed by atoms with Gasteiger partial charge in [-0.3, -0.25) is 10.1 Å². The van der Waals surface area contributed by atoms with Gasteiger partial charge < -0.3 is 20.7 Å². The maximum absolute atomic E-state index is 13.2. The number of fused-ring (bicyclic) bond motifs is 1. The molecule has 0 radical (unpaired) electrons. The monoisotopic (exact) mass is 523 g/mol. The number of aromatic nitrogens is 1. The highest BCUT2D eigenvalue weighted by Crippen LogP contribution is 2.38. The molecule has 4 N–H and O–H groups in total. The lowest BCUT2D eigenvalue weighted by Gasteiger charge is -2.33. The van der Waals surface area contributed by atoms with Gasteiger partial charge in [0, 0.05) is 28.7 Å². The number of rotatable bonds is 6. The zero-order valence-electron chi connectivity index (χ0n) is 20.7. The molecule has 1 atom stereocenters. The van der Waals surface area contributed by atoms with Crippen LogP contribution < -0.4 is 21.1 Å². The fourth-order valence-corrected chi connectivity index (χ4v) is 5.67. The topological polar surface area (TPSA) is 110 Å². The molecule has 3 heterocycles. The van der Waals surface area contributed by atoms with Crippen LogP contribution in [-0.2, 0) is 16.9 Å². The van der Waals surface area contributed by atoms with E-state index in [0.29, 0.717) is 17.2 Å². The number of nitrogens with zero attached hydrogens (tertiary/aromatic N) is 2. The molecular weight excluding hydrogens is 498 g/mol. The fraction of sp³-hybridized carbons (Fsp3) is 0.138. The number of urea groups is 1. The second-order valence-electron chi connectivity index (χ2n) is 9.37. The molecule has 1 fully saturated rings. The van der Waals surface area contributed by atoms with Gasteiger partial charge in [0.05, 0.1) is 19.3 Å². The number of nitrogen functional groups attached to an aromatic ring is 1. The van der Waals surface area contributed by atoms with E-state index in [9.17, 15) is 9.59 Å². The van der Waals surface area contributed by atoms with E-state index < -0.39 is 11.6 Å². The molecule has 0 spiro atoms. The molecule has 190 valence electrons. The zero-order valence-corrected chi connectivity index (χ0v) is 21.5. The highest BCUT2D eigenvalue weighted by atomic mass is 32.1. The quantitative estimate of drug-likeness (QED) is 0.319. The van der Waals surface area contributed by atoms with Crippen molar-refractivity contribution >= 4 is 34.1 Å². The minimum atomic E-state index is -1.25. The molecule has 6 rings (SSSR count). The van der Waals surface area contributed by atoms with E-state index in [0.717, 1.165) is 45.0 Å². The van der Waals surface area contributed by atoms with E-state index in [1.807, 2.05) is 77.0 Å². The molecule has 0 saturated carbocycles. The largest absolute Gasteiger partial charge is 0.497 e. The molecule has 1 aromatic heterocycles. The number of thiazole rings is 1. The van der Waals surface area contributed by atoms with Crippen molar-refractivity contribution in [1.29, 1.82) is 0 Å². The van der Waals surface area contributed by atoms with E-state index in [1.165, 1.54) is 11.3 Å². The number of anilines is 1. The number of benzene rings is 3. The first-order valence-corrected chi connectivity index (χ1v) is 12.9. The summed E-state index contributed by atoms with van der Waals surface area (Å²) in [5.74, 6) is 0.358. The Morgan fingerprint density at radius 2 is 1.74 bits per heavy atom. The van der Waals surface area contributed by atoms with E-state index >= 15 is 0 Å². The van der Waals surface area contributed by atoms with Crippen molar-refractivity contribution in [1.82, 2.24) is 20.5 Å². The number of imide groups is 1. The number of carbonyl (C=O) groups is 2. The van der Waals surface area contributed by atoms with E-state index in [4.69, 9.17) is 10.5 Å². The molecule has 0 aliphatic carbocycles. The Hall–Kier alpha value is -4.63. The van der Waals surface area contributed by atoms with Crippen molar-refractivity contribution in [2.45, 2.75) is 12.1 Å². The molecule has 8 nitrogen and oxygen atoms in total. The highest BCUT2D eigenvalue weighted by Gasteiger charge is 2.49. The van der Waals surface area contributed by atoms with E-state index in [1.54, 1.807) is 7.11 Å². The van der Waals surface area contributed by atoms with Crippen LogP contribution in [0.3, 0.4) is 0 Å². The summed E-state index contributed by atoms with van der Waals surface area (Å²) in [6, 6.07) is 21.1. The number of amides is 3. The lowest BCUT2D eigenvalue weighted by atomic mass is 9.88. The van der Waals surface area contributed by atoms with Crippen LogP contribution in [0.2, 0.25) is 0 Å². The van der Waals surface area contributed by atoms with Gasteiger partial charge in [0.1, 0.15) is 5.75 Å². The van der Waals surface area contributed by atoms with Crippen molar-refractivity contribution < 1.29 is 14.3 Å². The van der Waals surface area contributed by atoms with Crippen LogP contribution in [0.4, 0.5) is 9.93 Å². The maximum Gasteiger partial charge on any atom is 0.322 e. The third-order valence-corrected chi connectivity index (χ3v) is 7.83. The van der Waals surface area contributed by atoms with Gasteiger partial charge in [0.25, 0.3) is 5.91 Å². The average molecular weight is 524 g/mol. The summed E-state index contributed by atoms with van der Waals surface area (Å²) < 4.78 is 5.37. The highest BCUT2D eigenvalue weighted by molar-refractivity contribution is 7.13. The Morgan fingerprint density at radius 1 is 1.05 bits per heavy atom. The lowest BCUT2D eigenvalue weighted by Crippen LogP contribution is -2.51. The van der Waals surface area contributed by atoms with Crippen LogP contribution in [0.25, 0.3) is 28.1 Å². The summed E-state index contributed by atoms with van der Waals surface area (Å²) >= 11 is 1.41. The first kappa shape index (κ1) is 23.7. The van der Waals surface area contributed by atoms with Gasteiger partial charge in [-0.1, -0.05) is 61.2 Å². The summed E-state index contributed by atoms with van der Waals surface area (Å²) in [5.41, 5.74) is 11.9. The lowest BCUT2D eigenvalue weighted by molar-refractivity contribution is -0.124. The molecule has 3 aromatic carbocycles. The number of hydrogen-bond donors (Lipinski definition) is 3. The summed E-state index contributed by atoms with van der Waals surface area (Å²) in [6.07, 6.45) is 0. The Labute approximate surface area is 223 Å². The minimum Gasteiger partial charge on any atom is -0.497 e. The summed E-state index contributed by atoms with van der Waals surface area (Å²) in [7, 11) is 1.62. The smallest absolute Gasteiger partial charge is 0.322 e. The molecule has 38 heavy (non-hydrogen) atoms. The summed E-state index contributed by atoms with van der Waals surface area (Å²) in [6.45, 7) is 5.09. The molecule has 4 aromatic rings. The Morgan fingerprint density at radius 3 is 2.34 bits per heavy atom. The molecule has 0 bridgehead atoms. The SMILES string of the molecule is C=C1c2cc(OC)ccc2CN1C[C@]1(c2ccc(-c3ccc(-c4csc(N)n4)cc3)cc2)NC(=O)NC1=O. The first-order chi connectivity index (χ1) is 18.4. The van der Waals surface area contributed by atoms with Crippen molar-refractivity contribution in [2.24, 2.45) is 0 Å². The fourth-order valence-electron chi connectivity index (χ4n) is 5.10. The molecule has 2 aliphatic rings. The zero-order chi connectivity index (χ0) is 26.4. The predicted molar refractivity (Wildman–Crippen MR) is 148 cm³/mol. The molecular formula is C29H25N5O3S. The Balaban J connectivity index is 1.28. The van der Waals surface area contributed by atoms with Gasteiger partial charge in [-0.25, -0.2) is 9.78 Å². The predicted octanol–water partition coefficient (Wildman–Crippen LogP) is 4.59. The van der Waals surface area contributed by atoms with Gasteiger partial charge in [-0.2, -0.15) is 0 Å². The number of carbonyl (C=O) groups excluding carboxylic acids is 2. The van der Waals surface area contributed by atoms with Gasteiger partial charge in [0.15, 0.2) is 10.7 Å². The van der Waals surface area contributed by atoms with E-state index in [-0.39, 0.29) is 12.5 Å². The number of ether oxygens (including phenoxy) is 1. The molecule has 0 unspecified atom stereocenters. The van der Waals surface area contributed by atoms with Gasteiger partial charge in [0.2, 0.25) is 0 Å². The normalized spacial score (nSPS) is 18.3. The van der Waals surface area contributed by atoms with Crippen LogP contribution in [0, 0.1) is 0 Å². The molecule has 1 saturated heterocycles. The Bertz CT molecular complexity index is 1580. The van der Waals surface area contributed by atoms with Gasteiger partial charge in [-0.15, -0.1) is 11.3 Å². The third-order valence-electron chi connectivity index (χ3n) is 7.15. The van der Waals surface area contributed by atoms with Crippen molar-refractivity contribution in [3.8, 4) is 28.1 Å². The van der Waals surface area contributed by atoms with Crippen LogP contribution in [0.15, 0.2) is 78.7 Å². The number of methoxy groups -OCH3 is 1. The van der Waals surface area contributed by atoms with Crippen molar-refractivity contribution in [3.05, 3.63) is 95.4 Å². The average Bonchev–Trinajstić information content (AvgIpc) is 3.59. The van der Waals surface area contributed by atoms with Crippen molar-refractivity contribution in [3.63, 3.8) is 0 Å².